The van der Waals surface area contributed by atoms with Gasteiger partial charge in [-0.2, -0.15) is 0 Å². The highest BCUT2D eigenvalue weighted by atomic mass is 16.4. The smallest absolute Gasteiger partial charge is 0.111 e. The van der Waals surface area contributed by atoms with Crippen LogP contribution in [0.3, 0.4) is 0 Å². The normalized spacial score (nSPS) is 35.2. The van der Waals surface area contributed by atoms with Crippen LogP contribution >= 0.6 is 0 Å². The number of hydrogen-bond acceptors (Lipinski definition) is 11. The molecule has 0 aromatic rings. The number of rotatable bonds is 8. The second-order valence-corrected chi connectivity index (χ2v) is 6.04. The van der Waals surface area contributed by atoms with Crippen molar-refractivity contribution < 1.29 is 51.1 Å². The van der Waals surface area contributed by atoms with Crippen LogP contribution in [0, 0.1) is 0 Å². The molecular weight excluding hydrogens is 330 g/mol. The van der Waals surface area contributed by atoms with Gasteiger partial charge in [-0.15, -0.1) is 0 Å². The molecule has 1 aliphatic heterocycles. The Kier molecular flexibility index (Phi) is 8.38. The first-order chi connectivity index (χ1) is 11.1. The van der Waals surface area contributed by atoms with E-state index in [0.29, 0.717) is 0 Å². The Morgan fingerprint density at radius 3 is 1.83 bits per heavy atom. The third-order valence-corrected chi connectivity index (χ3v) is 4.31. The summed E-state index contributed by atoms with van der Waals surface area (Å²) < 4.78 is 0. The molecule has 11 heteroatoms. The molecule has 0 saturated carbocycles. The molecule has 11 nitrogen and oxygen atoms in total. The van der Waals surface area contributed by atoms with E-state index in [-0.39, 0.29) is 6.54 Å². The summed E-state index contributed by atoms with van der Waals surface area (Å²) in [5.74, 6) is 0. The molecule has 10 N–H and O–H groups in total. The van der Waals surface area contributed by atoms with E-state index in [2.05, 4.69) is 0 Å². The van der Waals surface area contributed by atoms with Crippen LogP contribution in [0.1, 0.15) is 0 Å². The summed E-state index contributed by atoms with van der Waals surface area (Å²) in [4.78, 5) is 1.22. The fourth-order valence-corrected chi connectivity index (χ4v) is 2.70. The zero-order valence-electron chi connectivity index (χ0n) is 12.9. The van der Waals surface area contributed by atoms with Gasteiger partial charge in [0, 0.05) is 13.1 Å². The van der Waals surface area contributed by atoms with Gasteiger partial charge in [-0.05, 0) is 0 Å². The number of piperidine rings is 1. The number of aliphatic hydroxyl groups excluding tert-OH is 10. The summed E-state index contributed by atoms with van der Waals surface area (Å²) in [6.07, 6.45) is -13.5. The Morgan fingerprint density at radius 1 is 0.792 bits per heavy atom. The zero-order chi connectivity index (χ0) is 18.6. The van der Waals surface area contributed by atoms with Crippen LogP contribution in [-0.2, 0) is 0 Å². The first-order valence-electron chi connectivity index (χ1n) is 7.56. The number of β-amino-alcohol motifs (C(OH)–C–C–N with tert-alkyl or cyclic N) is 2. The monoisotopic (exact) mass is 357 g/mol. The molecule has 0 spiro atoms. The van der Waals surface area contributed by atoms with Gasteiger partial charge in [0.25, 0.3) is 0 Å². The van der Waals surface area contributed by atoms with Crippen molar-refractivity contribution in [2.45, 2.75) is 54.9 Å². The number of aliphatic hydroxyl groups is 10. The molecule has 0 aromatic carbocycles. The van der Waals surface area contributed by atoms with E-state index in [9.17, 15) is 46.0 Å². The predicted octanol–water partition coefficient (Wildman–Crippen LogP) is -6.46. The van der Waals surface area contributed by atoms with E-state index in [1.807, 2.05) is 0 Å². The number of hydrogen-bond donors (Lipinski definition) is 10. The molecule has 0 aliphatic carbocycles. The van der Waals surface area contributed by atoms with E-state index in [1.165, 1.54) is 4.90 Å². The van der Waals surface area contributed by atoms with Crippen LogP contribution in [0.5, 0.6) is 0 Å². The summed E-state index contributed by atoms with van der Waals surface area (Å²) in [6.45, 7) is -2.09. The standard InChI is InChI=1S/C13H27NO10/c15-3-5-9(20)10(21)6(17)1-14(5)2-7(18)11(22)13(24)12(23)8(19)4-16/h5-13,15-24H,1-4H2/t5-,6+,7-,8+,9-,10-,11-,12-,13+/m1/s1. The second-order valence-electron chi connectivity index (χ2n) is 6.04. The molecule has 0 radical (unpaired) electrons. The van der Waals surface area contributed by atoms with Gasteiger partial charge >= 0.3 is 0 Å². The minimum absolute atomic E-state index is 0.217. The molecule has 0 amide bonds. The van der Waals surface area contributed by atoms with Gasteiger partial charge in [0.1, 0.15) is 36.6 Å². The van der Waals surface area contributed by atoms with Crippen LogP contribution in [0.2, 0.25) is 0 Å². The molecule has 1 heterocycles. The molecule has 1 aliphatic rings. The van der Waals surface area contributed by atoms with Crippen LogP contribution in [0.25, 0.3) is 0 Å². The van der Waals surface area contributed by atoms with Crippen molar-refractivity contribution in [1.82, 2.24) is 4.90 Å². The van der Waals surface area contributed by atoms with E-state index < -0.39 is 74.6 Å². The lowest BCUT2D eigenvalue weighted by molar-refractivity contribution is -0.167. The van der Waals surface area contributed by atoms with E-state index in [4.69, 9.17) is 5.11 Å². The van der Waals surface area contributed by atoms with Crippen LogP contribution in [0.15, 0.2) is 0 Å². The Labute approximate surface area is 138 Å². The van der Waals surface area contributed by atoms with Gasteiger partial charge in [-0.1, -0.05) is 0 Å². The second kappa shape index (κ2) is 9.31. The maximum Gasteiger partial charge on any atom is 0.111 e. The SMILES string of the molecule is OC[C@@H]1[C@@H](O)[C@H](O)[C@@H](O)CN1C[C@@H](O)[C@@H](O)[C@H](O)[C@H](O)[C@@H](O)CO. The van der Waals surface area contributed by atoms with Gasteiger partial charge in [0.2, 0.25) is 0 Å². The minimum atomic E-state index is -1.97. The Balaban J connectivity index is 2.72. The third-order valence-electron chi connectivity index (χ3n) is 4.31. The lowest BCUT2D eigenvalue weighted by atomic mass is 9.92. The molecule has 1 rings (SSSR count). The topological polar surface area (TPSA) is 206 Å². The first-order valence-corrected chi connectivity index (χ1v) is 7.56. The fourth-order valence-electron chi connectivity index (χ4n) is 2.70. The van der Waals surface area contributed by atoms with Gasteiger partial charge in [0.15, 0.2) is 0 Å². The van der Waals surface area contributed by atoms with Crippen molar-refractivity contribution in [3.8, 4) is 0 Å². The van der Waals surface area contributed by atoms with Crippen molar-refractivity contribution in [2.24, 2.45) is 0 Å². The minimum Gasteiger partial charge on any atom is -0.395 e. The molecule has 0 aromatic heterocycles. The van der Waals surface area contributed by atoms with E-state index in [1.54, 1.807) is 0 Å². The molecule has 144 valence electrons. The average molecular weight is 357 g/mol. The highest BCUT2D eigenvalue weighted by molar-refractivity contribution is 4.96. The molecule has 24 heavy (non-hydrogen) atoms. The average Bonchev–Trinajstić information content (AvgIpc) is 2.57. The zero-order valence-corrected chi connectivity index (χ0v) is 12.9. The quantitative estimate of drug-likeness (QED) is 0.198. The highest BCUT2D eigenvalue weighted by Crippen LogP contribution is 2.20. The van der Waals surface area contributed by atoms with Crippen molar-refractivity contribution in [3.63, 3.8) is 0 Å². The lowest BCUT2D eigenvalue weighted by Crippen LogP contribution is -2.64. The highest BCUT2D eigenvalue weighted by Gasteiger charge is 2.43. The first kappa shape index (κ1) is 21.6. The largest absolute Gasteiger partial charge is 0.395 e. The number of nitrogens with zero attached hydrogens (tertiary/aromatic N) is 1. The van der Waals surface area contributed by atoms with Gasteiger partial charge in [-0.3, -0.25) is 4.90 Å². The fraction of sp³-hybridized carbons (Fsp3) is 1.00. The van der Waals surface area contributed by atoms with Crippen molar-refractivity contribution in [1.29, 1.82) is 0 Å². The Morgan fingerprint density at radius 2 is 1.33 bits per heavy atom. The van der Waals surface area contributed by atoms with Crippen LogP contribution in [-0.4, -0.2) is 137 Å². The molecule has 0 unspecified atom stereocenters. The third kappa shape index (κ3) is 4.80. The lowest BCUT2D eigenvalue weighted by Gasteiger charge is -2.44. The summed E-state index contributed by atoms with van der Waals surface area (Å²) in [5, 5.41) is 95.4. The van der Waals surface area contributed by atoms with Crippen LogP contribution in [0.4, 0.5) is 0 Å². The Hall–Kier alpha value is -0.440. The van der Waals surface area contributed by atoms with E-state index in [0.717, 1.165) is 0 Å². The molecule has 1 fully saturated rings. The molecular formula is C13H27NO10. The van der Waals surface area contributed by atoms with Gasteiger partial charge in [0.05, 0.1) is 31.5 Å². The van der Waals surface area contributed by atoms with E-state index >= 15 is 0 Å². The van der Waals surface area contributed by atoms with Gasteiger partial charge < -0.3 is 51.1 Å². The summed E-state index contributed by atoms with van der Waals surface area (Å²) in [6, 6.07) is -1.02. The summed E-state index contributed by atoms with van der Waals surface area (Å²) >= 11 is 0. The maximum atomic E-state index is 9.98. The van der Waals surface area contributed by atoms with Crippen molar-refractivity contribution in [3.05, 3.63) is 0 Å². The molecule has 9 atom stereocenters. The maximum absolute atomic E-state index is 9.98. The predicted molar refractivity (Wildman–Crippen MR) is 77.6 cm³/mol. The van der Waals surface area contributed by atoms with Gasteiger partial charge in [-0.25, -0.2) is 0 Å². The summed E-state index contributed by atoms with van der Waals surface area (Å²) in [5.41, 5.74) is 0. The molecule has 1 saturated heterocycles. The summed E-state index contributed by atoms with van der Waals surface area (Å²) in [7, 11) is 0. The number of likely N-dealkylation sites (tertiary alicyclic amines) is 1. The Bertz CT molecular complexity index is 375. The van der Waals surface area contributed by atoms with Crippen molar-refractivity contribution in [2.75, 3.05) is 26.3 Å². The molecule has 0 bridgehead atoms. The van der Waals surface area contributed by atoms with Crippen LogP contribution < -0.4 is 0 Å². The van der Waals surface area contributed by atoms with Crippen molar-refractivity contribution >= 4 is 0 Å².